The molecule has 0 radical (unpaired) electrons. The van der Waals surface area contributed by atoms with Crippen LogP contribution in [0.25, 0.3) is 6.08 Å². The number of benzene rings is 1. The van der Waals surface area contributed by atoms with E-state index in [0.29, 0.717) is 35.7 Å². The largest absolute Gasteiger partial charge is 0.378 e. The number of pyridine rings is 1. The van der Waals surface area contributed by atoms with Crippen molar-refractivity contribution in [2.75, 3.05) is 25.5 Å². The number of nitrogens with zero attached hydrogens (tertiary/aromatic N) is 2. The molecule has 0 saturated carbocycles. The number of rotatable bonds is 7. The molecule has 2 aromatic rings. The van der Waals surface area contributed by atoms with Gasteiger partial charge in [-0.3, -0.25) is 9.78 Å². The maximum atomic E-state index is 14.2. The lowest BCUT2D eigenvalue weighted by Gasteiger charge is -2.20. The molecule has 0 aliphatic carbocycles. The molecular weight excluding hydrogens is 373 g/mol. The van der Waals surface area contributed by atoms with E-state index in [0.717, 1.165) is 11.8 Å². The van der Waals surface area contributed by atoms with Gasteiger partial charge in [0.05, 0.1) is 24.2 Å². The van der Waals surface area contributed by atoms with Gasteiger partial charge in [-0.25, -0.2) is 4.39 Å². The quantitative estimate of drug-likeness (QED) is 0.706. The molecule has 6 nitrogen and oxygen atoms in total. The molecule has 1 aliphatic heterocycles. The van der Waals surface area contributed by atoms with Crippen LogP contribution in [0, 0.1) is 12.7 Å². The summed E-state index contributed by atoms with van der Waals surface area (Å²) in [4.78, 5) is 17.9. The first kappa shape index (κ1) is 21.0. The summed E-state index contributed by atoms with van der Waals surface area (Å²) in [7, 11) is 1.92. The van der Waals surface area contributed by atoms with Crippen LogP contribution in [0.3, 0.4) is 0 Å². The van der Waals surface area contributed by atoms with Crippen LogP contribution in [0.5, 0.6) is 0 Å². The highest BCUT2D eigenvalue weighted by Gasteiger charge is 2.32. The monoisotopic (exact) mass is 399 g/mol. The maximum Gasteiger partial charge on any atom is 0.163 e. The van der Waals surface area contributed by atoms with Gasteiger partial charge in [0, 0.05) is 30.9 Å². The molecule has 1 atom stereocenters. The van der Waals surface area contributed by atoms with E-state index in [1.807, 2.05) is 38.9 Å². The summed E-state index contributed by atoms with van der Waals surface area (Å²) in [5.41, 5.74) is 2.60. The third kappa shape index (κ3) is 5.40. The maximum absolute atomic E-state index is 14.2. The first-order valence-electron chi connectivity index (χ1n) is 9.44. The van der Waals surface area contributed by atoms with Gasteiger partial charge in [-0.1, -0.05) is 6.07 Å². The number of anilines is 2. The van der Waals surface area contributed by atoms with Crippen molar-refractivity contribution in [1.82, 2.24) is 9.88 Å². The molecule has 1 fully saturated rings. The summed E-state index contributed by atoms with van der Waals surface area (Å²) < 4.78 is 25.5. The van der Waals surface area contributed by atoms with Gasteiger partial charge in [0.25, 0.3) is 0 Å². The third-order valence-electron chi connectivity index (χ3n) is 4.60. The number of halogens is 1. The Kier molecular flexibility index (Phi) is 6.30. The SMILES string of the molecule is Cc1ccc(Nc2cncc(/C=C\N(C)CC3COC(C)(C)O3)c2C=O)c(F)c1. The number of carbonyl (C=O) groups excluding carboxylic acids is 1. The minimum atomic E-state index is -0.560. The molecule has 2 heterocycles. The van der Waals surface area contributed by atoms with E-state index in [1.165, 1.54) is 12.3 Å². The van der Waals surface area contributed by atoms with Crippen molar-refractivity contribution in [3.63, 3.8) is 0 Å². The summed E-state index contributed by atoms with van der Waals surface area (Å²) in [6.45, 7) is 6.78. The molecule has 1 aromatic heterocycles. The fourth-order valence-electron chi connectivity index (χ4n) is 3.16. The van der Waals surface area contributed by atoms with Gasteiger partial charge >= 0.3 is 0 Å². The zero-order valence-electron chi connectivity index (χ0n) is 17.1. The Bertz CT molecular complexity index is 914. The molecule has 29 heavy (non-hydrogen) atoms. The molecule has 1 unspecified atom stereocenters. The average Bonchev–Trinajstić information content (AvgIpc) is 3.00. The van der Waals surface area contributed by atoms with Gasteiger partial charge in [0.1, 0.15) is 11.9 Å². The van der Waals surface area contributed by atoms with Gasteiger partial charge in [-0.15, -0.1) is 0 Å². The van der Waals surface area contributed by atoms with E-state index in [9.17, 15) is 9.18 Å². The van der Waals surface area contributed by atoms with Gasteiger partial charge in [-0.2, -0.15) is 0 Å². The molecule has 1 aromatic carbocycles. The number of ether oxygens (including phenoxy) is 2. The normalized spacial score (nSPS) is 18.2. The van der Waals surface area contributed by atoms with Crippen LogP contribution in [0.2, 0.25) is 0 Å². The lowest BCUT2D eigenvalue weighted by Crippen LogP contribution is -2.29. The average molecular weight is 399 g/mol. The highest BCUT2D eigenvalue weighted by atomic mass is 19.1. The highest BCUT2D eigenvalue weighted by molar-refractivity contribution is 5.90. The summed E-state index contributed by atoms with van der Waals surface area (Å²) in [5.74, 6) is -0.945. The minimum absolute atomic E-state index is 0.0270. The second-order valence-electron chi connectivity index (χ2n) is 7.62. The van der Waals surface area contributed by atoms with Crippen molar-refractivity contribution >= 4 is 23.7 Å². The molecule has 3 rings (SSSR count). The van der Waals surface area contributed by atoms with Crippen LogP contribution in [0.4, 0.5) is 15.8 Å². The second kappa shape index (κ2) is 8.71. The fourth-order valence-corrected chi connectivity index (χ4v) is 3.16. The van der Waals surface area contributed by atoms with Crippen LogP contribution in [-0.4, -0.2) is 48.3 Å². The number of nitrogens with one attached hydrogen (secondary N) is 1. The Balaban J connectivity index is 1.73. The number of hydrogen-bond acceptors (Lipinski definition) is 6. The zero-order chi connectivity index (χ0) is 21.0. The van der Waals surface area contributed by atoms with Crippen molar-refractivity contribution in [2.24, 2.45) is 0 Å². The number of likely N-dealkylation sites (N-methyl/N-ethyl adjacent to an activating group) is 1. The molecule has 7 heteroatoms. The van der Waals surface area contributed by atoms with E-state index in [4.69, 9.17) is 9.47 Å². The Morgan fingerprint density at radius 2 is 2.14 bits per heavy atom. The standard InChI is InChI=1S/C22H26FN3O3/c1-15-5-6-20(19(23)9-15)25-21-11-24-10-16(18(21)13-27)7-8-26(4)12-17-14-28-22(2,3)29-17/h5-11,13,17,25H,12,14H2,1-4H3/b8-7-. The van der Waals surface area contributed by atoms with E-state index < -0.39 is 5.79 Å². The number of aldehydes is 1. The van der Waals surface area contributed by atoms with Crippen LogP contribution >= 0.6 is 0 Å². The lowest BCUT2D eigenvalue weighted by molar-refractivity contribution is -0.139. The number of aryl methyl sites for hydroxylation is 1. The third-order valence-corrected chi connectivity index (χ3v) is 4.60. The van der Waals surface area contributed by atoms with Crippen LogP contribution in [-0.2, 0) is 9.47 Å². The first-order chi connectivity index (χ1) is 13.8. The van der Waals surface area contributed by atoms with E-state index >= 15 is 0 Å². The van der Waals surface area contributed by atoms with Crippen LogP contribution in [0.1, 0.15) is 35.3 Å². The van der Waals surface area contributed by atoms with Crippen molar-refractivity contribution < 1.29 is 18.7 Å². The molecule has 1 N–H and O–H groups in total. The Morgan fingerprint density at radius 1 is 1.34 bits per heavy atom. The summed E-state index contributed by atoms with van der Waals surface area (Å²) in [6.07, 6.45) is 7.48. The Morgan fingerprint density at radius 3 is 2.79 bits per heavy atom. The van der Waals surface area contributed by atoms with Gasteiger partial charge in [-0.05, 0) is 50.7 Å². The Hall–Kier alpha value is -2.77. The van der Waals surface area contributed by atoms with Gasteiger partial charge in [0.2, 0.25) is 0 Å². The predicted octanol–water partition coefficient (Wildman–Crippen LogP) is 4.14. The first-order valence-corrected chi connectivity index (χ1v) is 9.44. The van der Waals surface area contributed by atoms with Crippen LogP contribution < -0.4 is 5.32 Å². The highest BCUT2D eigenvalue weighted by Crippen LogP contribution is 2.25. The molecular formula is C22H26FN3O3. The molecule has 1 saturated heterocycles. The zero-order valence-corrected chi connectivity index (χ0v) is 17.1. The van der Waals surface area contributed by atoms with Crippen molar-refractivity contribution in [2.45, 2.75) is 32.7 Å². The molecule has 0 spiro atoms. The topological polar surface area (TPSA) is 63.7 Å². The van der Waals surface area contributed by atoms with Crippen molar-refractivity contribution in [3.8, 4) is 0 Å². The van der Waals surface area contributed by atoms with Crippen LogP contribution in [0.15, 0.2) is 36.8 Å². The van der Waals surface area contributed by atoms with Gasteiger partial charge < -0.3 is 19.7 Å². The van der Waals surface area contributed by atoms with Crippen molar-refractivity contribution in [3.05, 3.63) is 59.3 Å². The molecule has 1 aliphatic rings. The minimum Gasteiger partial charge on any atom is -0.378 e. The molecule has 0 amide bonds. The number of hydrogen-bond donors (Lipinski definition) is 1. The molecule has 0 bridgehead atoms. The Labute approximate surface area is 170 Å². The summed E-state index contributed by atoms with van der Waals surface area (Å²) in [6, 6.07) is 4.88. The summed E-state index contributed by atoms with van der Waals surface area (Å²) in [5, 5.41) is 2.96. The fraction of sp³-hybridized carbons (Fsp3) is 0.364. The molecule has 154 valence electrons. The van der Waals surface area contributed by atoms with E-state index in [-0.39, 0.29) is 11.9 Å². The smallest absolute Gasteiger partial charge is 0.163 e. The summed E-state index contributed by atoms with van der Waals surface area (Å²) >= 11 is 0. The number of aromatic nitrogens is 1. The lowest BCUT2D eigenvalue weighted by atomic mass is 10.1. The van der Waals surface area contributed by atoms with E-state index in [2.05, 4.69) is 10.3 Å². The van der Waals surface area contributed by atoms with Crippen molar-refractivity contribution in [1.29, 1.82) is 0 Å². The predicted molar refractivity (Wildman–Crippen MR) is 111 cm³/mol. The second-order valence-corrected chi connectivity index (χ2v) is 7.62. The van der Waals surface area contributed by atoms with E-state index in [1.54, 1.807) is 24.4 Å². The number of carbonyl (C=O) groups is 1. The van der Waals surface area contributed by atoms with Gasteiger partial charge in [0.15, 0.2) is 12.1 Å².